The standard InChI is InChI=1S/C13H16BrNO2/c1-3-8-15-13(2,12(16)17)9-10-4-6-11(14)7-5-10/h3-7,15H,1,8-9H2,2H3,(H,16,17). The van der Waals surface area contributed by atoms with Crippen LogP contribution < -0.4 is 5.32 Å². The molecule has 1 atom stereocenters. The van der Waals surface area contributed by atoms with Gasteiger partial charge in [0, 0.05) is 17.4 Å². The highest BCUT2D eigenvalue weighted by Gasteiger charge is 2.32. The van der Waals surface area contributed by atoms with Crippen molar-refractivity contribution in [2.45, 2.75) is 18.9 Å². The van der Waals surface area contributed by atoms with Gasteiger partial charge in [-0.1, -0.05) is 34.1 Å². The molecule has 0 fully saturated rings. The van der Waals surface area contributed by atoms with Gasteiger partial charge in [-0.15, -0.1) is 6.58 Å². The predicted octanol–water partition coefficient (Wildman–Crippen LogP) is 2.61. The molecular weight excluding hydrogens is 282 g/mol. The summed E-state index contributed by atoms with van der Waals surface area (Å²) in [5.41, 5.74) is 0.0110. The van der Waals surface area contributed by atoms with Gasteiger partial charge in [-0.3, -0.25) is 10.1 Å². The molecule has 92 valence electrons. The van der Waals surface area contributed by atoms with Crippen LogP contribution in [0.15, 0.2) is 41.4 Å². The minimum absolute atomic E-state index is 0.434. The number of nitrogens with one attached hydrogen (secondary N) is 1. The van der Waals surface area contributed by atoms with E-state index in [2.05, 4.69) is 27.8 Å². The quantitative estimate of drug-likeness (QED) is 0.794. The van der Waals surface area contributed by atoms with Gasteiger partial charge in [-0.25, -0.2) is 0 Å². The minimum atomic E-state index is -0.970. The molecule has 4 heteroatoms. The maximum absolute atomic E-state index is 11.3. The fourth-order valence-electron chi connectivity index (χ4n) is 1.52. The highest BCUT2D eigenvalue weighted by atomic mass is 79.9. The summed E-state index contributed by atoms with van der Waals surface area (Å²) < 4.78 is 0.984. The van der Waals surface area contributed by atoms with Gasteiger partial charge in [0.2, 0.25) is 0 Å². The summed E-state index contributed by atoms with van der Waals surface area (Å²) in [5.74, 6) is -0.859. The van der Waals surface area contributed by atoms with Crippen molar-refractivity contribution in [1.29, 1.82) is 0 Å². The smallest absolute Gasteiger partial charge is 0.323 e. The lowest BCUT2D eigenvalue weighted by Gasteiger charge is -2.25. The minimum Gasteiger partial charge on any atom is -0.480 e. The fraction of sp³-hybridized carbons (Fsp3) is 0.308. The number of hydrogen-bond donors (Lipinski definition) is 2. The monoisotopic (exact) mass is 297 g/mol. The van der Waals surface area contributed by atoms with Crippen LogP contribution in [0.2, 0.25) is 0 Å². The van der Waals surface area contributed by atoms with Crippen molar-refractivity contribution < 1.29 is 9.90 Å². The van der Waals surface area contributed by atoms with Gasteiger partial charge in [0.1, 0.15) is 5.54 Å². The maximum Gasteiger partial charge on any atom is 0.323 e. The molecule has 0 aliphatic rings. The van der Waals surface area contributed by atoms with Gasteiger partial charge in [0.05, 0.1) is 0 Å². The highest BCUT2D eigenvalue weighted by molar-refractivity contribution is 9.10. The lowest BCUT2D eigenvalue weighted by atomic mass is 9.93. The second-order valence-electron chi connectivity index (χ2n) is 4.11. The molecule has 0 bridgehead atoms. The lowest BCUT2D eigenvalue weighted by molar-refractivity contribution is -0.144. The van der Waals surface area contributed by atoms with E-state index in [1.807, 2.05) is 24.3 Å². The number of benzene rings is 1. The Bertz CT molecular complexity index is 402. The zero-order valence-electron chi connectivity index (χ0n) is 9.74. The van der Waals surface area contributed by atoms with E-state index in [9.17, 15) is 9.90 Å². The number of carboxylic acids is 1. The molecule has 0 amide bonds. The van der Waals surface area contributed by atoms with Crippen LogP contribution in [-0.4, -0.2) is 23.2 Å². The molecule has 0 aliphatic heterocycles. The van der Waals surface area contributed by atoms with Gasteiger partial charge in [-0.05, 0) is 24.6 Å². The zero-order chi connectivity index (χ0) is 12.9. The molecule has 0 saturated carbocycles. The van der Waals surface area contributed by atoms with Gasteiger partial charge in [0.25, 0.3) is 0 Å². The normalized spacial score (nSPS) is 14.0. The Hall–Kier alpha value is -1.13. The highest BCUT2D eigenvalue weighted by Crippen LogP contribution is 2.16. The lowest BCUT2D eigenvalue weighted by Crippen LogP contribution is -2.51. The van der Waals surface area contributed by atoms with E-state index in [0.717, 1.165) is 10.0 Å². The molecule has 2 N–H and O–H groups in total. The molecular formula is C13H16BrNO2. The molecule has 0 saturated heterocycles. The molecule has 1 aromatic carbocycles. The Kier molecular flexibility index (Phi) is 4.90. The van der Waals surface area contributed by atoms with E-state index in [0.29, 0.717) is 13.0 Å². The SMILES string of the molecule is C=CCNC(C)(Cc1ccc(Br)cc1)C(=O)O. The summed E-state index contributed by atoms with van der Waals surface area (Å²) in [6.45, 7) is 5.73. The van der Waals surface area contributed by atoms with E-state index in [4.69, 9.17) is 0 Å². The van der Waals surface area contributed by atoms with E-state index in [-0.39, 0.29) is 0 Å². The Balaban J connectivity index is 2.82. The van der Waals surface area contributed by atoms with Crippen molar-refractivity contribution >= 4 is 21.9 Å². The van der Waals surface area contributed by atoms with Gasteiger partial charge in [-0.2, -0.15) is 0 Å². The van der Waals surface area contributed by atoms with Crippen molar-refractivity contribution in [2.24, 2.45) is 0 Å². The first-order chi connectivity index (χ1) is 7.98. The third kappa shape index (κ3) is 3.98. The molecule has 0 heterocycles. The average molecular weight is 298 g/mol. The van der Waals surface area contributed by atoms with Crippen LogP contribution in [0.25, 0.3) is 0 Å². The largest absolute Gasteiger partial charge is 0.480 e. The first kappa shape index (κ1) is 13.9. The summed E-state index contributed by atoms with van der Waals surface area (Å²) in [5, 5.41) is 12.2. The summed E-state index contributed by atoms with van der Waals surface area (Å²) in [6, 6.07) is 7.65. The van der Waals surface area contributed by atoms with Crippen LogP contribution in [-0.2, 0) is 11.2 Å². The third-order valence-electron chi connectivity index (χ3n) is 2.58. The number of hydrogen-bond acceptors (Lipinski definition) is 2. The Morgan fingerprint density at radius 3 is 2.59 bits per heavy atom. The second kappa shape index (κ2) is 5.98. The summed E-state index contributed by atoms with van der Waals surface area (Å²) in [4.78, 5) is 11.3. The van der Waals surface area contributed by atoms with E-state index in [1.165, 1.54) is 0 Å². The van der Waals surface area contributed by atoms with Crippen LogP contribution in [0.3, 0.4) is 0 Å². The molecule has 1 aromatic rings. The number of aliphatic carboxylic acids is 1. The van der Waals surface area contributed by atoms with Crippen LogP contribution in [0, 0.1) is 0 Å². The van der Waals surface area contributed by atoms with Crippen molar-refractivity contribution in [1.82, 2.24) is 5.32 Å². The molecule has 0 aromatic heterocycles. The predicted molar refractivity (Wildman–Crippen MR) is 72.1 cm³/mol. The van der Waals surface area contributed by atoms with E-state index in [1.54, 1.807) is 13.0 Å². The van der Waals surface area contributed by atoms with Crippen LogP contribution in [0.1, 0.15) is 12.5 Å². The van der Waals surface area contributed by atoms with Gasteiger partial charge in [0.15, 0.2) is 0 Å². The van der Waals surface area contributed by atoms with Gasteiger partial charge < -0.3 is 5.11 Å². The number of carbonyl (C=O) groups is 1. The van der Waals surface area contributed by atoms with Crippen molar-refractivity contribution in [3.05, 3.63) is 47.0 Å². The molecule has 1 rings (SSSR count). The molecule has 0 aliphatic carbocycles. The first-order valence-electron chi connectivity index (χ1n) is 5.32. The Morgan fingerprint density at radius 2 is 2.12 bits per heavy atom. The number of rotatable bonds is 6. The Morgan fingerprint density at radius 1 is 1.53 bits per heavy atom. The molecule has 17 heavy (non-hydrogen) atoms. The van der Waals surface area contributed by atoms with E-state index >= 15 is 0 Å². The Labute approximate surface area is 110 Å². The molecule has 3 nitrogen and oxygen atoms in total. The third-order valence-corrected chi connectivity index (χ3v) is 3.11. The molecule has 1 unspecified atom stereocenters. The number of carboxylic acid groups (broad SMARTS) is 1. The van der Waals surface area contributed by atoms with Crippen LogP contribution in [0.4, 0.5) is 0 Å². The van der Waals surface area contributed by atoms with Crippen LogP contribution in [0.5, 0.6) is 0 Å². The summed E-state index contributed by atoms with van der Waals surface area (Å²) in [7, 11) is 0. The number of halogens is 1. The average Bonchev–Trinajstić information content (AvgIpc) is 2.29. The van der Waals surface area contributed by atoms with Gasteiger partial charge >= 0.3 is 5.97 Å². The van der Waals surface area contributed by atoms with Crippen molar-refractivity contribution in [2.75, 3.05) is 6.54 Å². The first-order valence-corrected chi connectivity index (χ1v) is 6.11. The van der Waals surface area contributed by atoms with Crippen molar-refractivity contribution in [3.63, 3.8) is 0 Å². The topological polar surface area (TPSA) is 49.3 Å². The fourth-order valence-corrected chi connectivity index (χ4v) is 1.79. The second-order valence-corrected chi connectivity index (χ2v) is 5.03. The summed E-state index contributed by atoms with van der Waals surface area (Å²) >= 11 is 3.35. The van der Waals surface area contributed by atoms with Crippen molar-refractivity contribution in [3.8, 4) is 0 Å². The van der Waals surface area contributed by atoms with E-state index < -0.39 is 11.5 Å². The maximum atomic E-state index is 11.3. The summed E-state index contributed by atoms with van der Waals surface area (Å²) in [6.07, 6.45) is 2.09. The zero-order valence-corrected chi connectivity index (χ0v) is 11.3. The van der Waals surface area contributed by atoms with Crippen LogP contribution >= 0.6 is 15.9 Å². The molecule has 0 spiro atoms. The molecule has 0 radical (unpaired) electrons.